The molecular formula is C4H5ClN2O. The third kappa shape index (κ3) is 0.980. The van der Waals surface area contributed by atoms with Crippen LogP contribution < -0.4 is 5.43 Å². The Hall–Kier alpha value is -0.570. The van der Waals surface area contributed by atoms with Crippen molar-refractivity contribution in [2.24, 2.45) is 5.10 Å². The summed E-state index contributed by atoms with van der Waals surface area (Å²) < 4.78 is 0. The van der Waals surface area contributed by atoms with Gasteiger partial charge in [0.2, 0.25) is 5.91 Å². The van der Waals surface area contributed by atoms with E-state index in [0.717, 1.165) is 5.71 Å². The number of carbonyl (C=O) groups is 1. The van der Waals surface area contributed by atoms with Crippen molar-refractivity contribution in [2.45, 2.75) is 6.42 Å². The topological polar surface area (TPSA) is 41.5 Å². The summed E-state index contributed by atoms with van der Waals surface area (Å²) in [5.74, 6) is 0.277. The predicted molar refractivity (Wildman–Crippen MR) is 30.9 cm³/mol. The quantitative estimate of drug-likeness (QED) is 0.506. The van der Waals surface area contributed by atoms with E-state index in [0.29, 0.717) is 12.3 Å². The van der Waals surface area contributed by atoms with Crippen molar-refractivity contribution in [1.29, 1.82) is 0 Å². The summed E-state index contributed by atoms with van der Waals surface area (Å²) in [6.45, 7) is 0. The fourth-order valence-electron chi connectivity index (χ4n) is 0.483. The minimum absolute atomic E-state index is 0.0688. The smallest absolute Gasteiger partial charge is 0.245 e. The predicted octanol–water partition coefficient (Wildman–Crippen LogP) is 0.101. The summed E-state index contributed by atoms with van der Waals surface area (Å²) in [6, 6.07) is 0. The van der Waals surface area contributed by atoms with Crippen LogP contribution in [0.2, 0.25) is 0 Å². The highest BCUT2D eigenvalue weighted by molar-refractivity contribution is 6.30. The fraction of sp³-hybridized carbons (Fsp3) is 0.500. The van der Waals surface area contributed by atoms with Crippen LogP contribution in [0.25, 0.3) is 0 Å². The van der Waals surface area contributed by atoms with Gasteiger partial charge in [0.15, 0.2) is 0 Å². The first-order valence-electron chi connectivity index (χ1n) is 2.23. The van der Waals surface area contributed by atoms with Crippen molar-refractivity contribution in [2.75, 3.05) is 5.88 Å². The number of amides is 1. The Balaban J connectivity index is 2.49. The van der Waals surface area contributed by atoms with Gasteiger partial charge in [-0.25, -0.2) is 5.43 Å². The highest BCUT2D eigenvalue weighted by Gasteiger charge is 2.11. The number of halogens is 1. The molecule has 0 spiro atoms. The maximum absolute atomic E-state index is 10.3. The molecule has 1 aliphatic rings. The number of hydrogen-bond donors (Lipinski definition) is 1. The molecule has 3 nitrogen and oxygen atoms in total. The van der Waals surface area contributed by atoms with Crippen molar-refractivity contribution in [1.82, 2.24) is 5.43 Å². The van der Waals surface area contributed by atoms with Gasteiger partial charge in [-0.1, -0.05) is 0 Å². The Morgan fingerprint density at radius 2 is 2.62 bits per heavy atom. The normalized spacial score (nSPS) is 18.1. The number of alkyl halides is 1. The maximum Gasteiger partial charge on any atom is 0.245 e. The van der Waals surface area contributed by atoms with Crippen LogP contribution in [-0.2, 0) is 4.79 Å². The maximum atomic E-state index is 10.3. The molecular weight excluding hydrogens is 128 g/mol. The fourth-order valence-corrected chi connectivity index (χ4v) is 0.637. The number of rotatable bonds is 1. The van der Waals surface area contributed by atoms with Crippen LogP contribution in [0.15, 0.2) is 5.10 Å². The lowest BCUT2D eigenvalue weighted by Crippen LogP contribution is -2.09. The zero-order chi connectivity index (χ0) is 5.98. The second-order valence-electron chi connectivity index (χ2n) is 1.52. The second-order valence-corrected chi connectivity index (χ2v) is 1.79. The van der Waals surface area contributed by atoms with Crippen molar-refractivity contribution in [3.63, 3.8) is 0 Å². The van der Waals surface area contributed by atoms with Gasteiger partial charge < -0.3 is 0 Å². The van der Waals surface area contributed by atoms with Crippen LogP contribution in [0, 0.1) is 0 Å². The molecule has 0 fully saturated rings. The molecule has 0 aliphatic carbocycles. The highest BCUT2D eigenvalue weighted by atomic mass is 35.5. The standard InChI is InChI=1S/C4H5ClN2O/c5-2-3-1-4(8)7-6-3/h1-2H2,(H,7,8). The van der Waals surface area contributed by atoms with E-state index in [2.05, 4.69) is 10.5 Å². The van der Waals surface area contributed by atoms with Gasteiger partial charge in [-0.05, 0) is 0 Å². The van der Waals surface area contributed by atoms with Crippen LogP contribution in [0.1, 0.15) is 6.42 Å². The van der Waals surface area contributed by atoms with Gasteiger partial charge in [-0.2, -0.15) is 5.10 Å². The van der Waals surface area contributed by atoms with Crippen LogP contribution >= 0.6 is 11.6 Å². The van der Waals surface area contributed by atoms with Crippen LogP contribution in [0.5, 0.6) is 0 Å². The SMILES string of the molecule is O=C1CC(CCl)=NN1. The van der Waals surface area contributed by atoms with Crippen LogP contribution in [0.4, 0.5) is 0 Å². The van der Waals surface area contributed by atoms with Crippen molar-refractivity contribution < 1.29 is 4.79 Å². The van der Waals surface area contributed by atoms with Crippen molar-refractivity contribution in [3.8, 4) is 0 Å². The lowest BCUT2D eigenvalue weighted by atomic mass is 10.3. The average Bonchev–Trinajstić information content (AvgIpc) is 2.14. The number of hydrazone groups is 1. The number of carbonyl (C=O) groups excluding carboxylic acids is 1. The molecule has 0 saturated heterocycles. The molecule has 0 atom stereocenters. The summed E-state index contributed by atoms with van der Waals surface area (Å²) in [6.07, 6.45) is 0.365. The molecule has 4 heteroatoms. The van der Waals surface area contributed by atoms with Gasteiger partial charge >= 0.3 is 0 Å². The van der Waals surface area contributed by atoms with Gasteiger partial charge in [-0.15, -0.1) is 11.6 Å². The Morgan fingerprint density at radius 3 is 2.88 bits per heavy atom. The molecule has 1 aliphatic heterocycles. The highest BCUT2D eigenvalue weighted by Crippen LogP contribution is 1.95. The number of nitrogens with zero attached hydrogens (tertiary/aromatic N) is 1. The first-order chi connectivity index (χ1) is 3.83. The summed E-state index contributed by atoms with van der Waals surface area (Å²) in [7, 11) is 0. The monoisotopic (exact) mass is 132 g/mol. The molecule has 0 aromatic carbocycles. The Morgan fingerprint density at radius 1 is 1.88 bits per heavy atom. The summed E-state index contributed by atoms with van der Waals surface area (Å²) in [4.78, 5) is 10.3. The first kappa shape index (κ1) is 5.56. The van der Waals surface area contributed by atoms with Gasteiger partial charge in [0.05, 0.1) is 18.0 Å². The van der Waals surface area contributed by atoms with E-state index in [1.54, 1.807) is 0 Å². The van der Waals surface area contributed by atoms with E-state index in [-0.39, 0.29) is 5.91 Å². The third-order valence-corrected chi connectivity index (χ3v) is 1.17. The van der Waals surface area contributed by atoms with Gasteiger partial charge in [0, 0.05) is 0 Å². The molecule has 0 radical (unpaired) electrons. The molecule has 0 aromatic heterocycles. The minimum atomic E-state index is -0.0688. The van der Waals surface area contributed by atoms with Crippen molar-refractivity contribution >= 4 is 23.2 Å². The molecule has 1 rings (SSSR count). The molecule has 0 aromatic rings. The second kappa shape index (κ2) is 2.13. The Bertz CT molecular complexity index is 143. The lowest BCUT2D eigenvalue weighted by Gasteiger charge is -1.80. The largest absolute Gasteiger partial charge is 0.273 e. The summed E-state index contributed by atoms with van der Waals surface area (Å²) >= 11 is 5.35. The minimum Gasteiger partial charge on any atom is -0.273 e. The van der Waals surface area contributed by atoms with E-state index >= 15 is 0 Å². The third-order valence-electron chi connectivity index (χ3n) is 0.858. The van der Waals surface area contributed by atoms with E-state index in [4.69, 9.17) is 11.6 Å². The van der Waals surface area contributed by atoms with E-state index < -0.39 is 0 Å². The van der Waals surface area contributed by atoms with Gasteiger partial charge in [0.25, 0.3) is 0 Å². The summed E-state index contributed by atoms with van der Waals surface area (Å²) in [5.41, 5.74) is 3.00. The molecule has 1 amide bonds. The van der Waals surface area contributed by atoms with Gasteiger partial charge in [0.1, 0.15) is 0 Å². The molecule has 8 heavy (non-hydrogen) atoms. The van der Waals surface area contributed by atoms with E-state index in [1.807, 2.05) is 0 Å². The summed E-state index contributed by atoms with van der Waals surface area (Å²) in [5, 5.41) is 3.62. The number of nitrogens with one attached hydrogen (secondary N) is 1. The molecule has 0 saturated carbocycles. The van der Waals surface area contributed by atoms with Crippen molar-refractivity contribution in [3.05, 3.63) is 0 Å². The number of hydrogen-bond acceptors (Lipinski definition) is 2. The van der Waals surface area contributed by atoms with Gasteiger partial charge in [-0.3, -0.25) is 4.79 Å². The Kier molecular flexibility index (Phi) is 1.48. The first-order valence-corrected chi connectivity index (χ1v) is 2.76. The molecule has 1 N–H and O–H groups in total. The lowest BCUT2D eigenvalue weighted by molar-refractivity contribution is -0.119. The zero-order valence-electron chi connectivity index (χ0n) is 4.15. The Labute approximate surface area is 51.7 Å². The average molecular weight is 133 g/mol. The molecule has 0 unspecified atom stereocenters. The molecule has 1 heterocycles. The zero-order valence-corrected chi connectivity index (χ0v) is 4.90. The van der Waals surface area contributed by atoms with E-state index in [1.165, 1.54) is 0 Å². The van der Waals surface area contributed by atoms with Crippen LogP contribution in [0.3, 0.4) is 0 Å². The molecule has 44 valence electrons. The molecule has 0 bridgehead atoms. The van der Waals surface area contributed by atoms with Crippen LogP contribution in [-0.4, -0.2) is 17.5 Å². The van der Waals surface area contributed by atoms with E-state index in [9.17, 15) is 4.79 Å².